The fourth-order valence-corrected chi connectivity index (χ4v) is 0.476. The van der Waals surface area contributed by atoms with Crippen molar-refractivity contribution >= 4 is 5.97 Å². The maximum absolute atomic E-state index is 10.8. The van der Waals surface area contributed by atoms with Gasteiger partial charge in [0.25, 0.3) is 0 Å². The van der Waals surface area contributed by atoms with Crippen LogP contribution in [0.5, 0.6) is 0 Å². The van der Waals surface area contributed by atoms with Gasteiger partial charge in [-0.2, -0.15) is 0 Å². The van der Waals surface area contributed by atoms with Gasteiger partial charge in [-0.3, -0.25) is 0 Å². The van der Waals surface area contributed by atoms with Crippen LogP contribution in [-0.2, 0) is 9.53 Å². The summed E-state index contributed by atoms with van der Waals surface area (Å²) in [6, 6.07) is 0. The van der Waals surface area contributed by atoms with Gasteiger partial charge >= 0.3 is 5.97 Å². The molecular weight excluding hydrogens is 144 g/mol. The molecule has 64 valence electrons. The molecule has 11 heavy (non-hydrogen) atoms. The SMILES string of the molecule is C=C(CC)C(=O)OCCCO. The third-order valence-corrected chi connectivity index (χ3v) is 1.25. The van der Waals surface area contributed by atoms with E-state index in [1.807, 2.05) is 6.92 Å². The molecule has 0 amide bonds. The smallest absolute Gasteiger partial charge is 0.333 e. The highest BCUT2D eigenvalue weighted by molar-refractivity contribution is 5.87. The van der Waals surface area contributed by atoms with Crippen molar-refractivity contribution in [1.29, 1.82) is 0 Å². The monoisotopic (exact) mass is 158 g/mol. The molecule has 0 saturated heterocycles. The predicted molar refractivity (Wildman–Crippen MR) is 42.1 cm³/mol. The normalized spacial score (nSPS) is 9.27. The van der Waals surface area contributed by atoms with E-state index in [0.717, 1.165) is 0 Å². The summed E-state index contributed by atoms with van der Waals surface area (Å²) in [5.41, 5.74) is 0.475. The molecule has 0 aromatic heterocycles. The van der Waals surface area contributed by atoms with Gasteiger partial charge < -0.3 is 9.84 Å². The Morgan fingerprint density at radius 2 is 2.27 bits per heavy atom. The second-order valence-corrected chi connectivity index (χ2v) is 2.17. The van der Waals surface area contributed by atoms with Crippen molar-refractivity contribution in [2.75, 3.05) is 13.2 Å². The lowest BCUT2D eigenvalue weighted by atomic mass is 10.2. The number of carbonyl (C=O) groups is 1. The van der Waals surface area contributed by atoms with E-state index in [-0.39, 0.29) is 19.2 Å². The average Bonchev–Trinajstić information content (AvgIpc) is 2.03. The molecule has 0 spiro atoms. The third-order valence-electron chi connectivity index (χ3n) is 1.25. The molecule has 0 aromatic rings. The topological polar surface area (TPSA) is 46.5 Å². The molecule has 0 bridgehead atoms. The summed E-state index contributed by atoms with van der Waals surface area (Å²) in [5.74, 6) is -0.360. The number of ether oxygens (including phenoxy) is 1. The number of esters is 1. The van der Waals surface area contributed by atoms with Gasteiger partial charge in [-0.05, 0) is 6.42 Å². The lowest BCUT2D eigenvalue weighted by molar-refractivity contribution is -0.139. The number of rotatable bonds is 5. The molecule has 0 saturated carbocycles. The summed E-state index contributed by atoms with van der Waals surface area (Å²) >= 11 is 0. The van der Waals surface area contributed by atoms with Crippen LogP contribution in [-0.4, -0.2) is 24.3 Å². The fraction of sp³-hybridized carbons (Fsp3) is 0.625. The van der Waals surface area contributed by atoms with Crippen LogP contribution in [0, 0.1) is 0 Å². The second kappa shape index (κ2) is 5.92. The molecule has 0 heterocycles. The molecule has 0 atom stereocenters. The van der Waals surface area contributed by atoms with Crippen LogP contribution >= 0.6 is 0 Å². The van der Waals surface area contributed by atoms with Crippen molar-refractivity contribution in [3.8, 4) is 0 Å². The van der Waals surface area contributed by atoms with Crippen LogP contribution in [0.3, 0.4) is 0 Å². The molecule has 0 radical (unpaired) electrons. The van der Waals surface area contributed by atoms with Crippen LogP contribution in [0.2, 0.25) is 0 Å². The summed E-state index contributed by atoms with van der Waals surface area (Å²) in [6.07, 6.45) is 1.10. The molecule has 0 rings (SSSR count). The number of hydrogen-bond donors (Lipinski definition) is 1. The Bertz CT molecular complexity index is 140. The van der Waals surface area contributed by atoms with Crippen LogP contribution in [0.15, 0.2) is 12.2 Å². The van der Waals surface area contributed by atoms with E-state index in [4.69, 9.17) is 9.84 Å². The minimum atomic E-state index is -0.360. The zero-order valence-electron chi connectivity index (χ0n) is 6.80. The van der Waals surface area contributed by atoms with E-state index >= 15 is 0 Å². The quantitative estimate of drug-likeness (QED) is 0.367. The van der Waals surface area contributed by atoms with Gasteiger partial charge in [-0.25, -0.2) is 4.79 Å². The standard InChI is InChI=1S/C8H14O3/c1-3-7(2)8(10)11-6-4-5-9/h9H,2-6H2,1H3. The van der Waals surface area contributed by atoms with Crippen molar-refractivity contribution in [3.05, 3.63) is 12.2 Å². The first-order valence-electron chi connectivity index (χ1n) is 3.68. The molecule has 0 aliphatic carbocycles. The van der Waals surface area contributed by atoms with Gasteiger partial charge in [0.1, 0.15) is 0 Å². The molecule has 0 fully saturated rings. The zero-order valence-corrected chi connectivity index (χ0v) is 6.80. The minimum absolute atomic E-state index is 0.0475. The minimum Gasteiger partial charge on any atom is -0.462 e. The Balaban J connectivity index is 3.44. The molecule has 3 nitrogen and oxygen atoms in total. The first kappa shape index (κ1) is 10.2. The van der Waals surface area contributed by atoms with Crippen molar-refractivity contribution in [2.45, 2.75) is 19.8 Å². The van der Waals surface area contributed by atoms with Gasteiger partial charge in [0.15, 0.2) is 0 Å². The second-order valence-electron chi connectivity index (χ2n) is 2.17. The van der Waals surface area contributed by atoms with E-state index in [2.05, 4.69) is 6.58 Å². The van der Waals surface area contributed by atoms with Gasteiger partial charge in [0, 0.05) is 18.6 Å². The summed E-state index contributed by atoms with van der Waals surface area (Å²) in [7, 11) is 0. The highest BCUT2D eigenvalue weighted by Crippen LogP contribution is 1.99. The van der Waals surface area contributed by atoms with Crippen molar-refractivity contribution in [2.24, 2.45) is 0 Å². The lowest BCUT2D eigenvalue weighted by Gasteiger charge is -2.03. The van der Waals surface area contributed by atoms with Gasteiger partial charge in [-0.1, -0.05) is 13.5 Å². The fourth-order valence-electron chi connectivity index (χ4n) is 0.476. The van der Waals surface area contributed by atoms with Crippen molar-refractivity contribution in [3.63, 3.8) is 0 Å². The Morgan fingerprint density at radius 3 is 2.73 bits per heavy atom. The molecule has 0 aliphatic heterocycles. The van der Waals surface area contributed by atoms with Crippen molar-refractivity contribution in [1.82, 2.24) is 0 Å². The van der Waals surface area contributed by atoms with Gasteiger partial charge in [0.05, 0.1) is 6.61 Å². The maximum Gasteiger partial charge on any atom is 0.333 e. The Labute approximate surface area is 66.7 Å². The summed E-state index contributed by atoms with van der Waals surface area (Å²) in [4.78, 5) is 10.8. The predicted octanol–water partition coefficient (Wildman–Crippen LogP) is 0.878. The highest BCUT2D eigenvalue weighted by Gasteiger charge is 2.04. The molecule has 3 heteroatoms. The number of hydrogen-bond acceptors (Lipinski definition) is 3. The van der Waals surface area contributed by atoms with Crippen LogP contribution in [0.25, 0.3) is 0 Å². The largest absolute Gasteiger partial charge is 0.462 e. The molecule has 0 aromatic carbocycles. The Morgan fingerprint density at radius 1 is 1.64 bits per heavy atom. The lowest BCUT2D eigenvalue weighted by Crippen LogP contribution is -2.08. The van der Waals surface area contributed by atoms with E-state index in [0.29, 0.717) is 18.4 Å². The van der Waals surface area contributed by atoms with E-state index in [9.17, 15) is 4.79 Å². The van der Waals surface area contributed by atoms with Crippen LogP contribution < -0.4 is 0 Å². The molecule has 0 unspecified atom stereocenters. The summed E-state index contributed by atoms with van der Waals surface area (Å²) in [5, 5.41) is 8.36. The van der Waals surface area contributed by atoms with E-state index < -0.39 is 0 Å². The first-order valence-corrected chi connectivity index (χ1v) is 3.68. The van der Waals surface area contributed by atoms with Crippen molar-refractivity contribution < 1.29 is 14.6 Å². The summed E-state index contributed by atoms with van der Waals surface area (Å²) < 4.78 is 4.74. The molecule has 1 N–H and O–H groups in total. The van der Waals surface area contributed by atoms with Gasteiger partial charge in [0.2, 0.25) is 0 Å². The van der Waals surface area contributed by atoms with Gasteiger partial charge in [-0.15, -0.1) is 0 Å². The Hall–Kier alpha value is -0.830. The highest BCUT2D eigenvalue weighted by atomic mass is 16.5. The maximum atomic E-state index is 10.8. The number of aliphatic hydroxyl groups is 1. The zero-order chi connectivity index (χ0) is 8.69. The number of aliphatic hydroxyl groups excluding tert-OH is 1. The number of carbonyl (C=O) groups excluding carboxylic acids is 1. The summed E-state index contributed by atoms with van der Waals surface area (Å²) in [6.45, 7) is 5.68. The molecule has 0 aliphatic rings. The third kappa shape index (κ3) is 4.56. The van der Waals surface area contributed by atoms with Crippen LogP contribution in [0.1, 0.15) is 19.8 Å². The van der Waals surface area contributed by atoms with E-state index in [1.54, 1.807) is 0 Å². The van der Waals surface area contributed by atoms with Crippen LogP contribution in [0.4, 0.5) is 0 Å². The van der Waals surface area contributed by atoms with E-state index in [1.165, 1.54) is 0 Å². The Kier molecular flexibility index (Phi) is 5.47. The first-order chi connectivity index (χ1) is 5.22. The average molecular weight is 158 g/mol. The molecular formula is C8H14O3.